The Morgan fingerprint density at radius 2 is 2.00 bits per heavy atom. The molecule has 1 aromatic rings. The van der Waals surface area contributed by atoms with E-state index >= 15 is 0 Å². The lowest BCUT2D eigenvalue weighted by atomic mass is 9.58. The van der Waals surface area contributed by atoms with Crippen molar-refractivity contribution in [3.63, 3.8) is 0 Å². The molecule has 126 valence electrons. The number of piperidine rings is 1. The second-order valence-corrected chi connectivity index (χ2v) is 6.68. The van der Waals surface area contributed by atoms with E-state index in [9.17, 15) is 9.50 Å². The summed E-state index contributed by atoms with van der Waals surface area (Å²) in [6, 6.07) is 6.54. The number of hydrogen-bond acceptors (Lipinski definition) is 3. The fraction of sp³-hybridized carbons (Fsp3) is 0.579. The molecule has 1 heterocycles. The van der Waals surface area contributed by atoms with Crippen molar-refractivity contribution in [2.24, 2.45) is 5.41 Å². The van der Waals surface area contributed by atoms with Gasteiger partial charge in [-0.2, -0.15) is 0 Å². The van der Waals surface area contributed by atoms with Crippen molar-refractivity contribution >= 4 is 6.08 Å². The molecule has 0 amide bonds. The van der Waals surface area contributed by atoms with Gasteiger partial charge in [-0.1, -0.05) is 24.3 Å². The third kappa shape index (κ3) is 3.49. The number of benzene rings is 1. The molecule has 0 radical (unpaired) electrons. The summed E-state index contributed by atoms with van der Waals surface area (Å²) in [5.74, 6) is -0.202. The van der Waals surface area contributed by atoms with Gasteiger partial charge in [0.25, 0.3) is 0 Å². The summed E-state index contributed by atoms with van der Waals surface area (Å²) in [5, 5.41) is 10.2. The second kappa shape index (κ2) is 7.12. The molecule has 1 aliphatic heterocycles. The largest absolute Gasteiger partial charge is 0.392 e. The molecule has 1 saturated heterocycles. The van der Waals surface area contributed by atoms with Crippen LogP contribution in [0.2, 0.25) is 0 Å². The lowest BCUT2D eigenvalue weighted by Gasteiger charge is -2.56. The molecule has 0 aromatic heterocycles. The van der Waals surface area contributed by atoms with E-state index in [4.69, 9.17) is 4.74 Å². The maximum Gasteiger partial charge on any atom is 0.123 e. The molecule has 2 fully saturated rings. The van der Waals surface area contributed by atoms with Crippen molar-refractivity contribution in [1.82, 2.24) is 4.90 Å². The standard InChI is InChI=1S/C19H26FNO2/c1-2-23-18-14-17(22)19(18)9-12-21(13-10-19)11-3-4-15-5-7-16(20)8-6-15/h3-8,17-18,22H,2,9-14H2,1H3/b4-3+. The Balaban J connectivity index is 1.48. The molecule has 4 heteroatoms. The van der Waals surface area contributed by atoms with Crippen molar-refractivity contribution in [1.29, 1.82) is 0 Å². The SMILES string of the molecule is CCOC1CC(O)C12CCN(C/C=C/c1ccc(F)cc1)CC2. The van der Waals surface area contributed by atoms with Crippen LogP contribution < -0.4 is 0 Å². The van der Waals surface area contributed by atoms with Crippen LogP contribution in [0.5, 0.6) is 0 Å². The zero-order chi connectivity index (χ0) is 16.3. The molecule has 1 N–H and O–H groups in total. The molecule has 23 heavy (non-hydrogen) atoms. The monoisotopic (exact) mass is 319 g/mol. The molecule has 1 saturated carbocycles. The van der Waals surface area contributed by atoms with Crippen LogP contribution in [0.1, 0.15) is 31.7 Å². The molecule has 2 aliphatic rings. The zero-order valence-electron chi connectivity index (χ0n) is 13.7. The van der Waals surface area contributed by atoms with E-state index in [1.807, 2.05) is 13.0 Å². The highest BCUT2D eigenvalue weighted by atomic mass is 19.1. The number of hydrogen-bond donors (Lipinski definition) is 1. The Kier molecular flexibility index (Phi) is 5.14. The molecular formula is C19H26FNO2. The summed E-state index contributed by atoms with van der Waals surface area (Å²) in [6.45, 7) is 5.63. The summed E-state index contributed by atoms with van der Waals surface area (Å²) in [4.78, 5) is 2.40. The van der Waals surface area contributed by atoms with Crippen LogP contribution in [0, 0.1) is 11.2 Å². The molecule has 1 aliphatic carbocycles. The van der Waals surface area contributed by atoms with E-state index in [1.54, 1.807) is 12.1 Å². The predicted molar refractivity (Wildman–Crippen MR) is 89.6 cm³/mol. The number of halogens is 1. The third-order valence-corrected chi connectivity index (χ3v) is 5.44. The van der Waals surface area contributed by atoms with Gasteiger partial charge in [-0.15, -0.1) is 0 Å². The lowest BCUT2D eigenvalue weighted by molar-refractivity contribution is -0.209. The van der Waals surface area contributed by atoms with Gasteiger partial charge in [0.05, 0.1) is 12.2 Å². The average Bonchev–Trinajstić information content (AvgIpc) is 2.57. The second-order valence-electron chi connectivity index (χ2n) is 6.68. The molecule has 1 spiro atoms. The Bertz CT molecular complexity index is 533. The molecule has 0 bridgehead atoms. The van der Waals surface area contributed by atoms with Gasteiger partial charge in [0.2, 0.25) is 0 Å². The topological polar surface area (TPSA) is 32.7 Å². The first-order valence-corrected chi connectivity index (χ1v) is 8.58. The zero-order valence-corrected chi connectivity index (χ0v) is 13.7. The van der Waals surface area contributed by atoms with Gasteiger partial charge in [0.15, 0.2) is 0 Å². The maximum atomic E-state index is 12.9. The van der Waals surface area contributed by atoms with E-state index in [0.29, 0.717) is 0 Å². The van der Waals surface area contributed by atoms with Crippen LogP contribution in [0.4, 0.5) is 4.39 Å². The molecule has 1 aromatic carbocycles. The summed E-state index contributed by atoms with van der Waals surface area (Å²) in [7, 11) is 0. The first-order chi connectivity index (χ1) is 11.1. The number of nitrogens with zero attached hydrogens (tertiary/aromatic N) is 1. The first kappa shape index (κ1) is 16.6. The number of rotatable bonds is 5. The molecular weight excluding hydrogens is 293 g/mol. The summed E-state index contributed by atoms with van der Waals surface area (Å²) in [6.07, 6.45) is 6.99. The smallest absolute Gasteiger partial charge is 0.123 e. The minimum atomic E-state index is -0.202. The summed E-state index contributed by atoms with van der Waals surface area (Å²) < 4.78 is 18.7. The molecule has 2 unspecified atom stereocenters. The summed E-state index contributed by atoms with van der Waals surface area (Å²) in [5.41, 5.74) is 1.01. The Labute approximate surface area is 137 Å². The Morgan fingerprint density at radius 1 is 1.30 bits per heavy atom. The van der Waals surface area contributed by atoms with E-state index in [2.05, 4.69) is 11.0 Å². The minimum Gasteiger partial charge on any atom is -0.392 e. The van der Waals surface area contributed by atoms with Gasteiger partial charge in [-0.3, -0.25) is 4.90 Å². The van der Waals surface area contributed by atoms with E-state index in [0.717, 1.165) is 51.1 Å². The highest BCUT2D eigenvalue weighted by Crippen LogP contribution is 2.50. The van der Waals surface area contributed by atoms with Crippen LogP contribution in [-0.4, -0.2) is 48.5 Å². The van der Waals surface area contributed by atoms with E-state index in [-0.39, 0.29) is 23.4 Å². The molecule has 3 rings (SSSR count). The van der Waals surface area contributed by atoms with Crippen molar-refractivity contribution in [3.05, 3.63) is 41.7 Å². The average molecular weight is 319 g/mol. The van der Waals surface area contributed by atoms with Gasteiger partial charge < -0.3 is 9.84 Å². The highest BCUT2D eigenvalue weighted by molar-refractivity contribution is 5.48. The van der Waals surface area contributed by atoms with Gasteiger partial charge in [0, 0.05) is 25.0 Å². The number of likely N-dealkylation sites (tertiary alicyclic amines) is 1. The summed E-state index contributed by atoms with van der Waals surface area (Å²) >= 11 is 0. The van der Waals surface area contributed by atoms with Gasteiger partial charge in [0.1, 0.15) is 5.82 Å². The van der Waals surface area contributed by atoms with Crippen molar-refractivity contribution in [2.45, 2.75) is 38.4 Å². The van der Waals surface area contributed by atoms with Crippen molar-refractivity contribution in [2.75, 3.05) is 26.2 Å². The quantitative estimate of drug-likeness (QED) is 0.905. The lowest BCUT2D eigenvalue weighted by Crippen LogP contribution is -2.62. The number of ether oxygens (including phenoxy) is 1. The van der Waals surface area contributed by atoms with E-state index in [1.165, 1.54) is 12.1 Å². The van der Waals surface area contributed by atoms with Crippen LogP contribution >= 0.6 is 0 Å². The minimum absolute atomic E-state index is 0.00676. The third-order valence-electron chi connectivity index (χ3n) is 5.44. The van der Waals surface area contributed by atoms with Gasteiger partial charge >= 0.3 is 0 Å². The Morgan fingerprint density at radius 3 is 2.61 bits per heavy atom. The Hall–Kier alpha value is -1.23. The van der Waals surface area contributed by atoms with Crippen molar-refractivity contribution < 1.29 is 14.2 Å². The first-order valence-electron chi connectivity index (χ1n) is 8.58. The van der Waals surface area contributed by atoms with Crippen LogP contribution in [0.25, 0.3) is 6.08 Å². The predicted octanol–water partition coefficient (Wildman–Crippen LogP) is 3.09. The van der Waals surface area contributed by atoms with Crippen LogP contribution in [-0.2, 0) is 4.74 Å². The highest BCUT2D eigenvalue weighted by Gasteiger charge is 2.55. The van der Waals surface area contributed by atoms with Crippen LogP contribution in [0.15, 0.2) is 30.3 Å². The maximum absolute atomic E-state index is 12.9. The number of aliphatic hydroxyl groups is 1. The molecule has 2 atom stereocenters. The van der Waals surface area contributed by atoms with Crippen LogP contribution in [0.3, 0.4) is 0 Å². The number of aliphatic hydroxyl groups excluding tert-OH is 1. The molecule has 3 nitrogen and oxygen atoms in total. The normalized spacial score (nSPS) is 27.4. The van der Waals surface area contributed by atoms with Gasteiger partial charge in [-0.25, -0.2) is 4.39 Å². The van der Waals surface area contributed by atoms with Crippen molar-refractivity contribution in [3.8, 4) is 0 Å². The van der Waals surface area contributed by atoms with Gasteiger partial charge in [-0.05, 0) is 50.6 Å². The fourth-order valence-corrected chi connectivity index (χ4v) is 3.88. The fourth-order valence-electron chi connectivity index (χ4n) is 3.88. The van der Waals surface area contributed by atoms with E-state index < -0.39 is 0 Å².